The summed E-state index contributed by atoms with van der Waals surface area (Å²) in [5, 5.41) is 5.84. The molecule has 156 valence electrons. The number of thiocarbonyl (C=S) groups is 1. The summed E-state index contributed by atoms with van der Waals surface area (Å²) in [5.41, 5.74) is 4.03. The minimum atomic E-state index is -0.374. The zero-order chi connectivity index (χ0) is 22.0. The number of nitrogens with one attached hydrogen (secondary N) is 2. The van der Waals surface area contributed by atoms with Crippen molar-refractivity contribution in [2.24, 2.45) is 0 Å². The van der Waals surface area contributed by atoms with E-state index in [4.69, 9.17) is 21.4 Å². The molecule has 0 spiro atoms. The van der Waals surface area contributed by atoms with E-state index in [1.54, 1.807) is 36.7 Å². The lowest BCUT2D eigenvalue weighted by Crippen LogP contribution is -2.34. The van der Waals surface area contributed by atoms with Crippen molar-refractivity contribution in [3.63, 3.8) is 0 Å². The fraction of sp³-hybridized carbons (Fsp3) is 0.0909. The second-order valence-corrected chi connectivity index (χ2v) is 7.97. The van der Waals surface area contributed by atoms with E-state index in [2.05, 4.69) is 36.5 Å². The Morgan fingerprint density at radius 3 is 2.68 bits per heavy atom. The van der Waals surface area contributed by atoms with E-state index in [0.29, 0.717) is 34.0 Å². The fourth-order valence-corrected chi connectivity index (χ4v) is 3.91. The monoisotopic (exact) mass is 496 g/mol. The van der Waals surface area contributed by atoms with Gasteiger partial charge in [-0.25, -0.2) is 4.98 Å². The molecular formula is C22H17BrN4O3S. The Morgan fingerprint density at radius 2 is 1.94 bits per heavy atom. The summed E-state index contributed by atoms with van der Waals surface area (Å²) >= 11 is 8.72. The summed E-state index contributed by atoms with van der Waals surface area (Å²) in [6.07, 6.45) is 3.36. The number of carbonyl (C=O) groups is 1. The van der Waals surface area contributed by atoms with Crippen molar-refractivity contribution in [3.8, 4) is 17.2 Å². The second kappa shape index (κ2) is 8.83. The van der Waals surface area contributed by atoms with Gasteiger partial charge in [0.1, 0.15) is 11.3 Å². The molecule has 0 aliphatic rings. The van der Waals surface area contributed by atoms with Gasteiger partial charge < -0.3 is 14.5 Å². The molecule has 4 aromatic rings. The number of methoxy groups -OCH3 is 1. The van der Waals surface area contributed by atoms with Gasteiger partial charge >= 0.3 is 0 Å². The molecule has 0 aliphatic carbocycles. The summed E-state index contributed by atoms with van der Waals surface area (Å²) in [6.45, 7) is 1.87. The van der Waals surface area contributed by atoms with E-state index in [9.17, 15) is 4.79 Å². The molecule has 0 fully saturated rings. The molecule has 4 rings (SSSR count). The number of ether oxygens (including phenoxy) is 1. The molecule has 0 saturated heterocycles. The Labute approximate surface area is 192 Å². The number of fused-ring (bicyclic) bond motifs is 1. The third kappa shape index (κ3) is 4.57. The Hall–Kier alpha value is -3.30. The van der Waals surface area contributed by atoms with Gasteiger partial charge in [-0.05, 0) is 67.2 Å². The Kier molecular flexibility index (Phi) is 5.97. The van der Waals surface area contributed by atoms with Crippen molar-refractivity contribution in [3.05, 3.63) is 70.5 Å². The predicted octanol–water partition coefficient (Wildman–Crippen LogP) is 5.10. The minimum absolute atomic E-state index is 0.155. The lowest BCUT2D eigenvalue weighted by molar-refractivity contribution is 0.0974. The van der Waals surface area contributed by atoms with Crippen LogP contribution in [0.2, 0.25) is 0 Å². The zero-order valence-corrected chi connectivity index (χ0v) is 19.0. The van der Waals surface area contributed by atoms with Gasteiger partial charge in [-0.2, -0.15) is 0 Å². The number of nitrogens with zero attached hydrogens (tertiary/aromatic N) is 2. The largest absolute Gasteiger partial charge is 0.496 e. The van der Waals surface area contributed by atoms with Crippen LogP contribution < -0.4 is 15.4 Å². The molecule has 0 aliphatic heterocycles. The number of oxazole rings is 1. The molecule has 0 atom stereocenters. The molecule has 9 heteroatoms. The van der Waals surface area contributed by atoms with Crippen molar-refractivity contribution in [2.75, 3.05) is 12.4 Å². The number of carbonyl (C=O) groups excluding carboxylic acids is 1. The van der Waals surface area contributed by atoms with Gasteiger partial charge in [-0.1, -0.05) is 15.9 Å². The normalized spacial score (nSPS) is 10.7. The highest BCUT2D eigenvalue weighted by atomic mass is 79.9. The first-order valence-corrected chi connectivity index (χ1v) is 10.4. The number of halogens is 1. The quantitative estimate of drug-likeness (QED) is 0.380. The Balaban J connectivity index is 1.50. The number of hydrogen-bond acceptors (Lipinski definition) is 6. The summed E-state index contributed by atoms with van der Waals surface area (Å²) in [6, 6.07) is 12.6. The molecule has 0 unspecified atom stereocenters. The maximum atomic E-state index is 12.7. The highest BCUT2D eigenvalue weighted by Crippen LogP contribution is 2.28. The number of aryl methyl sites for hydroxylation is 1. The summed E-state index contributed by atoms with van der Waals surface area (Å²) in [7, 11) is 1.52. The lowest BCUT2D eigenvalue weighted by atomic mass is 10.1. The van der Waals surface area contributed by atoms with Gasteiger partial charge in [0.05, 0.1) is 12.7 Å². The summed E-state index contributed by atoms with van der Waals surface area (Å²) in [5.74, 6) is 0.625. The van der Waals surface area contributed by atoms with Crippen LogP contribution in [-0.4, -0.2) is 28.1 Å². The van der Waals surface area contributed by atoms with Crippen molar-refractivity contribution >= 4 is 56.0 Å². The van der Waals surface area contributed by atoms with Crippen molar-refractivity contribution in [1.82, 2.24) is 15.3 Å². The average Bonchev–Trinajstić information content (AvgIpc) is 3.17. The van der Waals surface area contributed by atoms with Gasteiger partial charge in [0.25, 0.3) is 5.91 Å². The fourth-order valence-electron chi connectivity index (χ4n) is 3.13. The number of rotatable bonds is 4. The third-order valence-electron chi connectivity index (χ3n) is 4.49. The van der Waals surface area contributed by atoms with E-state index >= 15 is 0 Å². The van der Waals surface area contributed by atoms with Crippen LogP contribution in [0.5, 0.6) is 5.75 Å². The Morgan fingerprint density at radius 1 is 1.16 bits per heavy atom. The van der Waals surface area contributed by atoms with Crippen molar-refractivity contribution < 1.29 is 13.9 Å². The van der Waals surface area contributed by atoms with E-state index in [1.807, 2.05) is 25.1 Å². The molecule has 2 aromatic heterocycles. The maximum absolute atomic E-state index is 12.7. The number of pyridine rings is 1. The lowest BCUT2D eigenvalue weighted by Gasteiger charge is -2.13. The number of anilines is 1. The molecule has 2 heterocycles. The van der Waals surface area contributed by atoms with Crippen LogP contribution in [0.25, 0.3) is 22.6 Å². The first-order valence-electron chi connectivity index (χ1n) is 9.22. The third-order valence-corrected chi connectivity index (χ3v) is 5.15. The molecule has 0 saturated carbocycles. The first-order chi connectivity index (χ1) is 14.9. The van der Waals surface area contributed by atoms with Crippen LogP contribution in [0.4, 0.5) is 5.69 Å². The van der Waals surface area contributed by atoms with Crippen LogP contribution >= 0.6 is 28.1 Å². The minimum Gasteiger partial charge on any atom is -0.496 e. The highest BCUT2D eigenvalue weighted by Gasteiger charge is 2.17. The molecule has 1 amide bonds. The van der Waals surface area contributed by atoms with E-state index in [0.717, 1.165) is 15.6 Å². The number of aromatic nitrogens is 2. The average molecular weight is 497 g/mol. The van der Waals surface area contributed by atoms with Gasteiger partial charge in [0, 0.05) is 28.1 Å². The zero-order valence-electron chi connectivity index (χ0n) is 16.6. The smallest absolute Gasteiger partial charge is 0.261 e. The van der Waals surface area contributed by atoms with E-state index in [-0.39, 0.29) is 11.0 Å². The van der Waals surface area contributed by atoms with Gasteiger partial charge in [0.2, 0.25) is 5.89 Å². The molecule has 31 heavy (non-hydrogen) atoms. The summed E-state index contributed by atoms with van der Waals surface area (Å²) < 4.78 is 11.9. The standard InChI is InChI=1S/C22H17BrN4O3S/c1-12-9-14(23)10-16(19(12)29-2)20(28)27-22(31)25-15-3-4-18-17(11-15)26-21(30-18)13-5-7-24-8-6-13/h3-11H,1-2H3,(H2,25,27,28,31). The number of benzene rings is 2. The van der Waals surface area contributed by atoms with E-state index in [1.165, 1.54) is 7.11 Å². The summed E-state index contributed by atoms with van der Waals surface area (Å²) in [4.78, 5) is 21.2. The molecule has 7 nitrogen and oxygen atoms in total. The van der Waals surface area contributed by atoms with Crippen LogP contribution in [0, 0.1) is 6.92 Å². The molecule has 0 radical (unpaired) electrons. The highest BCUT2D eigenvalue weighted by molar-refractivity contribution is 9.10. The van der Waals surface area contributed by atoms with Crippen LogP contribution in [0.15, 0.2) is 63.7 Å². The first kappa shape index (κ1) is 21.0. The van der Waals surface area contributed by atoms with Gasteiger partial charge in [-0.3, -0.25) is 15.1 Å². The van der Waals surface area contributed by atoms with Crippen LogP contribution in [0.3, 0.4) is 0 Å². The van der Waals surface area contributed by atoms with Gasteiger partial charge in [-0.15, -0.1) is 0 Å². The molecule has 0 bridgehead atoms. The van der Waals surface area contributed by atoms with Crippen molar-refractivity contribution in [1.29, 1.82) is 0 Å². The van der Waals surface area contributed by atoms with Crippen LogP contribution in [-0.2, 0) is 0 Å². The molecule has 2 N–H and O–H groups in total. The van der Waals surface area contributed by atoms with Crippen molar-refractivity contribution in [2.45, 2.75) is 6.92 Å². The predicted molar refractivity (Wildman–Crippen MR) is 126 cm³/mol. The molecular weight excluding hydrogens is 480 g/mol. The molecule has 2 aromatic carbocycles. The maximum Gasteiger partial charge on any atom is 0.261 e. The number of hydrogen-bond donors (Lipinski definition) is 2. The number of amides is 1. The van der Waals surface area contributed by atoms with Gasteiger partial charge in [0.15, 0.2) is 10.7 Å². The van der Waals surface area contributed by atoms with Crippen LogP contribution in [0.1, 0.15) is 15.9 Å². The van der Waals surface area contributed by atoms with E-state index < -0.39 is 0 Å². The SMILES string of the molecule is COc1c(C)cc(Br)cc1C(=O)NC(=S)Nc1ccc2oc(-c3ccncc3)nc2c1. The Bertz CT molecular complexity index is 1290. The topological polar surface area (TPSA) is 89.3 Å². The second-order valence-electron chi connectivity index (χ2n) is 6.65.